The Hall–Kier alpha value is -3.34. The van der Waals surface area contributed by atoms with Gasteiger partial charge in [0.2, 0.25) is 0 Å². The normalized spacial score (nSPS) is 14.1. The molecule has 402 valence electrons. The Kier molecular flexibility index (Phi) is 49.5. The van der Waals surface area contributed by atoms with Gasteiger partial charge >= 0.3 is 25.7 Å². The summed E-state index contributed by atoms with van der Waals surface area (Å²) in [4.78, 5) is 48.4. The van der Waals surface area contributed by atoms with Crippen molar-refractivity contribution in [3.05, 3.63) is 85.1 Å². The van der Waals surface area contributed by atoms with E-state index in [1.807, 2.05) is 0 Å². The standard InChI is InChI=1S/C58H99O11P/c1-4-7-10-13-16-19-22-25-26-27-28-31-32-35-38-41-44-47-56(60)65-51-55(69-58(62)49-46-43-40-37-34-30-24-21-18-15-12-9-6-3)53-67-70(63,64)66-52-54(50-59)68-57(61)48-45-42-39-36-33-29-23-20-17-14-11-8-5-2/h8-9,11-12,17-18,20-21,25-26,29-30,33-34,54-55,59H,4-7,10,13-16,19,22-24,27-28,31-32,35-53H2,1-3H3,(H,63,64)/b11-8-,12-9-,20-17-,21-18-,26-25-,33-29-,34-30-. The number of carbonyl (C=O) groups excluding carboxylic acids is 3. The van der Waals surface area contributed by atoms with Crippen LogP contribution in [0.4, 0.5) is 0 Å². The summed E-state index contributed by atoms with van der Waals surface area (Å²) in [6, 6.07) is 0. The van der Waals surface area contributed by atoms with E-state index in [-0.39, 0.29) is 25.9 Å². The van der Waals surface area contributed by atoms with Gasteiger partial charge in [0.15, 0.2) is 6.10 Å². The fourth-order valence-electron chi connectivity index (χ4n) is 7.14. The van der Waals surface area contributed by atoms with Gasteiger partial charge < -0.3 is 24.2 Å². The number of carbonyl (C=O) groups is 3. The molecule has 0 aliphatic rings. The summed E-state index contributed by atoms with van der Waals surface area (Å²) in [6.07, 6.45) is 58.4. The predicted molar refractivity (Wildman–Crippen MR) is 288 cm³/mol. The second-order valence-electron chi connectivity index (χ2n) is 18.0. The van der Waals surface area contributed by atoms with Crippen molar-refractivity contribution >= 4 is 25.7 Å². The van der Waals surface area contributed by atoms with Crippen LogP contribution < -0.4 is 0 Å². The molecule has 3 atom stereocenters. The average Bonchev–Trinajstić information content (AvgIpc) is 3.35. The van der Waals surface area contributed by atoms with Gasteiger partial charge in [-0.3, -0.25) is 23.4 Å². The lowest BCUT2D eigenvalue weighted by atomic mass is 10.1. The summed E-state index contributed by atoms with van der Waals surface area (Å²) in [5, 5.41) is 9.78. The SMILES string of the molecule is CC/C=C\C/C=C\C/C=C\CCCCCC(=O)OC(CO)COP(=O)(O)OCC(COC(=O)CCCCCCCCC/C=C\CCCCCCCC)OC(=O)CCCCC/C=C\C/C=C\C/C=C\CC. The minimum absolute atomic E-state index is 0.126. The van der Waals surface area contributed by atoms with Crippen molar-refractivity contribution in [2.75, 3.05) is 26.4 Å². The van der Waals surface area contributed by atoms with E-state index < -0.39 is 57.8 Å². The van der Waals surface area contributed by atoms with Gasteiger partial charge in [-0.1, -0.05) is 183 Å². The van der Waals surface area contributed by atoms with E-state index in [4.69, 9.17) is 23.3 Å². The number of unbranched alkanes of at least 4 members (excludes halogenated alkanes) is 19. The molecule has 0 saturated carbocycles. The number of hydrogen-bond donors (Lipinski definition) is 2. The molecule has 0 aliphatic carbocycles. The number of esters is 3. The van der Waals surface area contributed by atoms with Crippen molar-refractivity contribution in [2.45, 2.75) is 238 Å². The van der Waals surface area contributed by atoms with E-state index in [9.17, 15) is 28.9 Å². The van der Waals surface area contributed by atoms with Crippen molar-refractivity contribution < 1.29 is 52.2 Å². The van der Waals surface area contributed by atoms with Crippen LogP contribution >= 0.6 is 7.82 Å². The van der Waals surface area contributed by atoms with Crippen LogP contribution in [0.2, 0.25) is 0 Å². The number of phosphoric acid groups is 1. The zero-order valence-corrected chi connectivity index (χ0v) is 45.1. The average molecular weight is 1000 g/mol. The van der Waals surface area contributed by atoms with Crippen LogP contribution in [0.1, 0.15) is 226 Å². The molecule has 0 saturated heterocycles. The van der Waals surface area contributed by atoms with E-state index >= 15 is 0 Å². The molecule has 0 spiro atoms. The number of aliphatic hydroxyl groups excluding tert-OH is 1. The summed E-state index contributed by atoms with van der Waals surface area (Å²) >= 11 is 0. The molecule has 0 heterocycles. The number of hydrogen-bond acceptors (Lipinski definition) is 10. The quantitative estimate of drug-likeness (QED) is 0.0197. The van der Waals surface area contributed by atoms with Gasteiger partial charge in [-0.2, -0.15) is 0 Å². The first-order valence-corrected chi connectivity index (χ1v) is 29.0. The molecule has 0 aromatic carbocycles. The molecule has 0 radical (unpaired) electrons. The molecule has 0 aromatic rings. The third kappa shape index (κ3) is 49.6. The lowest BCUT2D eigenvalue weighted by Gasteiger charge is -2.21. The van der Waals surface area contributed by atoms with Crippen LogP contribution in [0.5, 0.6) is 0 Å². The van der Waals surface area contributed by atoms with Crippen molar-refractivity contribution in [1.29, 1.82) is 0 Å². The third-order valence-corrected chi connectivity index (χ3v) is 12.2. The first-order valence-electron chi connectivity index (χ1n) is 27.5. The fraction of sp³-hybridized carbons (Fsp3) is 0.707. The molecule has 0 aromatic heterocycles. The third-order valence-electron chi connectivity index (χ3n) is 11.3. The lowest BCUT2D eigenvalue weighted by molar-refractivity contribution is -0.161. The van der Waals surface area contributed by atoms with Gasteiger partial charge in [0.25, 0.3) is 0 Å². The topological polar surface area (TPSA) is 155 Å². The molecule has 0 fully saturated rings. The monoisotopic (exact) mass is 1000 g/mol. The number of phosphoric ester groups is 1. The minimum Gasteiger partial charge on any atom is -0.462 e. The largest absolute Gasteiger partial charge is 0.472 e. The van der Waals surface area contributed by atoms with Gasteiger partial charge in [0.1, 0.15) is 12.7 Å². The van der Waals surface area contributed by atoms with Crippen LogP contribution in [0, 0.1) is 0 Å². The summed E-state index contributed by atoms with van der Waals surface area (Å²) in [7, 11) is -4.76. The van der Waals surface area contributed by atoms with Gasteiger partial charge in [0, 0.05) is 19.3 Å². The summed E-state index contributed by atoms with van der Waals surface area (Å²) < 4.78 is 39.4. The summed E-state index contributed by atoms with van der Waals surface area (Å²) in [5.41, 5.74) is 0. The van der Waals surface area contributed by atoms with Crippen LogP contribution in [0.3, 0.4) is 0 Å². The molecule has 3 unspecified atom stereocenters. The molecule has 0 aliphatic heterocycles. The Morgan fingerprint density at radius 1 is 0.414 bits per heavy atom. The minimum atomic E-state index is -4.76. The first-order chi connectivity index (χ1) is 34.2. The molecular weight excluding hydrogens is 904 g/mol. The van der Waals surface area contributed by atoms with Gasteiger partial charge in [-0.05, 0) is 109 Å². The Balaban J connectivity index is 4.78. The van der Waals surface area contributed by atoms with E-state index in [2.05, 4.69) is 106 Å². The Morgan fingerprint density at radius 2 is 0.743 bits per heavy atom. The predicted octanol–water partition coefficient (Wildman–Crippen LogP) is 15.9. The van der Waals surface area contributed by atoms with Crippen LogP contribution in [-0.2, 0) is 42.2 Å². The number of aliphatic hydroxyl groups is 1. The van der Waals surface area contributed by atoms with Crippen molar-refractivity contribution in [3.8, 4) is 0 Å². The molecule has 12 heteroatoms. The maximum Gasteiger partial charge on any atom is 0.472 e. The van der Waals surface area contributed by atoms with Crippen LogP contribution in [0.25, 0.3) is 0 Å². The lowest BCUT2D eigenvalue weighted by Crippen LogP contribution is -2.30. The maximum absolute atomic E-state index is 12.9. The number of ether oxygens (including phenoxy) is 3. The second-order valence-corrected chi connectivity index (χ2v) is 19.4. The van der Waals surface area contributed by atoms with Gasteiger partial charge in [-0.25, -0.2) is 4.57 Å². The molecule has 0 rings (SSSR count). The Labute approximate surface area is 426 Å². The van der Waals surface area contributed by atoms with E-state index in [0.717, 1.165) is 103 Å². The molecule has 2 N–H and O–H groups in total. The second kappa shape index (κ2) is 52.0. The highest BCUT2D eigenvalue weighted by molar-refractivity contribution is 7.47. The van der Waals surface area contributed by atoms with Crippen LogP contribution in [-0.4, -0.2) is 66.5 Å². The summed E-state index contributed by atoms with van der Waals surface area (Å²) in [5.74, 6) is -1.54. The molecule has 0 amide bonds. The smallest absolute Gasteiger partial charge is 0.462 e. The van der Waals surface area contributed by atoms with Crippen molar-refractivity contribution in [3.63, 3.8) is 0 Å². The Morgan fingerprint density at radius 3 is 1.17 bits per heavy atom. The zero-order valence-electron chi connectivity index (χ0n) is 44.2. The number of allylic oxidation sites excluding steroid dienone is 14. The Bertz CT molecular complexity index is 1500. The highest BCUT2D eigenvalue weighted by atomic mass is 31.2. The van der Waals surface area contributed by atoms with Crippen LogP contribution in [0.15, 0.2) is 85.1 Å². The van der Waals surface area contributed by atoms with E-state index in [1.54, 1.807) is 0 Å². The van der Waals surface area contributed by atoms with E-state index in [1.165, 1.54) is 64.2 Å². The first kappa shape index (κ1) is 66.7. The maximum atomic E-state index is 12.9. The summed E-state index contributed by atoms with van der Waals surface area (Å²) in [6.45, 7) is 4.33. The molecule has 0 bridgehead atoms. The van der Waals surface area contributed by atoms with Gasteiger partial charge in [-0.15, -0.1) is 0 Å². The highest BCUT2D eigenvalue weighted by Gasteiger charge is 2.28. The zero-order chi connectivity index (χ0) is 51.3. The number of rotatable bonds is 50. The molecule has 70 heavy (non-hydrogen) atoms. The molecule has 11 nitrogen and oxygen atoms in total. The highest BCUT2D eigenvalue weighted by Crippen LogP contribution is 2.43. The van der Waals surface area contributed by atoms with E-state index in [0.29, 0.717) is 19.3 Å². The fourth-order valence-corrected chi connectivity index (χ4v) is 7.93. The molecular formula is C58H99O11P. The van der Waals surface area contributed by atoms with Crippen molar-refractivity contribution in [2.24, 2.45) is 0 Å². The van der Waals surface area contributed by atoms with Crippen molar-refractivity contribution in [1.82, 2.24) is 0 Å². The van der Waals surface area contributed by atoms with Gasteiger partial charge in [0.05, 0.1) is 19.8 Å².